The van der Waals surface area contributed by atoms with Crippen molar-refractivity contribution in [3.05, 3.63) is 67.3 Å². The van der Waals surface area contributed by atoms with Crippen molar-refractivity contribution in [3.8, 4) is 11.1 Å². The monoisotopic (exact) mass is 511 g/mol. The molecule has 0 bridgehead atoms. The second-order valence-electron chi connectivity index (χ2n) is 10.2. The van der Waals surface area contributed by atoms with Gasteiger partial charge in [-0.25, -0.2) is 15.0 Å². The van der Waals surface area contributed by atoms with Crippen LogP contribution >= 0.6 is 0 Å². The molecule has 3 aromatic heterocycles. The van der Waals surface area contributed by atoms with E-state index in [-0.39, 0.29) is 18.1 Å². The molecule has 0 aliphatic carbocycles. The van der Waals surface area contributed by atoms with Gasteiger partial charge >= 0.3 is 0 Å². The van der Waals surface area contributed by atoms with Gasteiger partial charge in [0.15, 0.2) is 0 Å². The summed E-state index contributed by atoms with van der Waals surface area (Å²) < 4.78 is 1.93. The van der Waals surface area contributed by atoms with Crippen molar-refractivity contribution in [2.45, 2.75) is 38.5 Å². The molecule has 1 atom stereocenters. The van der Waals surface area contributed by atoms with Crippen LogP contribution in [0, 0.1) is 0 Å². The van der Waals surface area contributed by atoms with Gasteiger partial charge in [0.1, 0.15) is 12.2 Å². The number of benzene rings is 1. The van der Waals surface area contributed by atoms with Crippen LogP contribution < -0.4 is 9.80 Å². The smallest absolute Gasteiger partial charge is 0.242 e. The zero-order valence-electron chi connectivity index (χ0n) is 21.6. The Hall–Kier alpha value is -3.98. The molecule has 6 rings (SSSR count). The summed E-state index contributed by atoms with van der Waals surface area (Å²) in [6.07, 6.45) is 8.77. The van der Waals surface area contributed by atoms with Gasteiger partial charge in [0.25, 0.3) is 0 Å². The maximum absolute atomic E-state index is 13.3. The highest BCUT2D eigenvalue weighted by atomic mass is 16.3. The topological polar surface area (TPSA) is 90.6 Å². The quantitative estimate of drug-likeness (QED) is 0.440. The molecule has 2 aliphatic heterocycles. The van der Waals surface area contributed by atoms with E-state index in [1.807, 2.05) is 52.3 Å². The van der Waals surface area contributed by atoms with Gasteiger partial charge in [-0.2, -0.15) is 0 Å². The second-order valence-corrected chi connectivity index (χ2v) is 10.2. The van der Waals surface area contributed by atoms with Crippen molar-refractivity contribution in [1.82, 2.24) is 24.4 Å². The summed E-state index contributed by atoms with van der Waals surface area (Å²) in [5.41, 5.74) is 4.03. The highest BCUT2D eigenvalue weighted by molar-refractivity contribution is 5.82. The lowest BCUT2D eigenvalue weighted by Crippen LogP contribution is -2.54. The highest BCUT2D eigenvalue weighted by Crippen LogP contribution is 2.32. The molecule has 2 saturated heterocycles. The molecular weight excluding hydrogens is 478 g/mol. The molecule has 1 amide bonds. The molecule has 4 aromatic rings. The van der Waals surface area contributed by atoms with E-state index in [4.69, 9.17) is 0 Å². The lowest BCUT2D eigenvalue weighted by atomic mass is 10.0. The third-order valence-electron chi connectivity index (χ3n) is 7.72. The van der Waals surface area contributed by atoms with Crippen LogP contribution in [-0.4, -0.2) is 80.3 Å². The normalized spacial score (nSPS) is 18.8. The SMILES string of the molecule is CC1CN(c2ccccc2-c2cnc(N3CCC(O)CC3)nc2)CCN1C(=O)Cn1ccc2cccnc21. The molecule has 0 spiro atoms. The number of para-hydroxylation sites is 1. The van der Waals surface area contributed by atoms with E-state index >= 15 is 0 Å². The number of aliphatic hydroxyl groups excluding tert-OH is 1. The van der Waals surface area contributed by atoms with Crippen LogP contribution in [-0.2, 0) is 11.3 Å². The number of piperazine rings is 1. The summed E-state index contributed by atoms with van der Waals surface area (Å²) >= 11 is 0. The minimum atomic E-state index is -0.221. The van der Waals surface area contributed by atoms with Gasteiger partial charge in [0, 0.05) is 85.8 Å². The summed E-state index contributed by atoms with van der Waals surface area (Å²) in [5.74, 6) is 0.826. The first kappa shape index (κ1) is 24.4. The van der Waals surface area contributed by atoms with Gasteiger partial charge < -0.3 is 24.4 Å². The van der Waals surface area contributed by atoms with Crippen molar-refractivity contribution in [1.29, 1.82) is 0 Å². The fourth-order valence-electron chi connectivity index (χ4n) is 5.61. The average molecular weight is 512 g/mol. The minimum absolute atomic E-state index is 0.0761. The fraction of sp³-hybridized carbons (Fsp3) is 0.379. The Kier molecular flexibility index (Phi) is 6.68. The number of piperidine rings is 1. The number of hydrogen-bond acceptors (Lipinski definition) is 7. The van der Waals surface area contributed by atoms with Crippen molar-refractivity contribution in [3.63, 3.8) is 0 Å². The minimum Gasteiger partial charge on any atom is -0.393 e. The molecule has 2 aliphatic rings. The van der Waals surface area contributed by atoms with Gasteiger partial charge in [-0.3, -0.25) is 4.79 Å². The van der Waals surface area contributed by atoms with Crippen molar-refractivity contribution < 1.29 is 9.90 Å². The molecule has 0 saturated carbocycles. The van der Waals surface area contributed by atoms with Gasteiger partial charge in [0.05, 0.1) is 6.10 Å². The van der Waals surface area contributed by atoms with Crippen molar-refractivity contribution >= 4 is 28.6 Å². The summed E-state index contributed by atoms with van der Waals surface area (Å²) in [6.45, 7) is 6.13. The lowest BCUT2D eigenvalue weighted by Gasteiger charge is -2.41. The van der Waals surface area contributed by atoms with E-state index in [1.54, 1.807) is 6.20 Å². The number of pyridine rings is 1. The number of carbonyl (C=O) groups excluding carboxylic acids is 1. The van der Waals surface area contributed by atoms with E-state index < -0.39 is 0 Å². The lowest BCUT2D eigenvalue weighted by molar-refractivity contribution is -0.134. The third-order valence-corrected chi connectivity index (χ3v) is 7.72. The zero-order chi connectivity index (χ0) is 26.1. The fourth-order valence-corrected chi connectivity index (χ4v) is 5.61. The largest absolute Gasteiger partial charge is 0.393 e. The molecule has 38 heavy (non-hydrogen) atoms. The summed E-state index contributed by atoms with van der Waals surface area (Å²) in [4.78, 5) is 33.5. The molecule has 1 aromatic carbocycles. The Bertz CT molecular complexity index is 1410. The first-order valence-electron chi connectivity index (χ1n) is 13.4. The summed E-state index contributed by atoms with van der Waals surface area (Å²) in [7, 11) is 0. The number of nitrogens with zero attached hydrogens (tertiary/aromatic N) is 7. The molecule has 196 valence electrons. The number of rotatable bonds is 5. The predicted molar refractivity (Wildman–Crippen MR) is 148 cm³/mol. The van der Waals surface area contributed by atoms with Crippen LogP contribution in [0.2, 0.25) is 0 Å². The highest BCUT2D eigenvalue weighted by Gasteiger charge is 2.29. The first-order valence-corrected chi connectivity index (χ1v) is 13.4. The predicted octanol–water partition coefficient (Wildman–Crippen LogP) is 3.19. The van der Waals surface area contributed by atoms with Crippen LogP contribution in [0.3, 0.4) is 0 Å². The molecule has 2 fully saturated rings. The van der Waals surface area contributed by atoms with Crippen molar-refractivity contribution in [2.75, 3.05) is 42.5 Å². The molecular formula is C29H33N7O2. The molecule has 1 N–H and O–H groups in total. The van der Waals surface area contributed by atoms with E-state index in [2.05, 4.69) is 49.9 Å². The Balaban J connectivity index is 1.14. The van der Waals surface area contributed by atoms with Gasteiger partial charge in [0.2, 0.25) is 11.9 Å². The third kappa shape index (κ3) is 4.81. The number of amides is 1. The number of aliphatic hydroxyl groups is 1. The van der Waals surface area contributed by atoms with Gasteiger partial charge in [-0.1, -0.05) is 18.2 Å². The maximum atomic E-state index is 13.3. The molecule has 5 heterocycles. The van der Waals surface area contributed by atoms with Crippen LogP contribution in [0.5, 0.6) is 0 Å². The number of anilines is 2. The van der Waals surface area contributed by atoms with E-state index in [1.165, 1.54) is 0 Å². The van der Waals surface area contributed by atoms with Crippen LogP contribution in [0.15, 0.2) is 67.3 Å². The Morgan fingerprint density at radius 2 is 1.74 bits per heavy atom. The Labute approximate surface area is 222 Å². The van der Waals surface area contributed by atoms with E-state index in [0.717, 1.165) is 66.9 Å². The van der Waals surface area contributed by atoms with Gasteiger partial charge in [-0.05, 0) is 44.0 Å². The van der Waals surface area contributed by atoms with Crippen LogP contribution in [0.4, 0.5) is 11.6 Å². The number of carbonyl (C=O) groups is 1. The van der Waals surface area contributed by atoms with Gasteiger partial charge in [-0.15, -0.1) is 0 Å². The first-order chi connectivity index (χ1) is 18.6. The van der Waals surface area contributed by atoms with Crippen LogP contribution in [0.1, 0.15) is 19.8 Å². The molecule has 0 radical (unpaired) electrons. The Morgan fingerprint density at radius 3 is 2.53 bits per heavy atom. The number of hydrogen-bond donors (Lipinski definition) is 1. The van der Waals surface area contributed by atoms with Crippen LogP contribution in [0.25, 0.3) is 22.2 Å². The molecule has 9 heteroatoms. The molecule has 9 nitrogen and oxygen atoms in total. The standard InChI is InChI=1S/C29H33N7O2/c1-21-19-34(15-16-36(21)27(38)20-35-12-8-22-5-4-11-30-28(22)35)26-7-3-2-6-25(26)23-17-31-29(32-18-23)33-13-9-24(37)10-14-33/h2-8,11-12,17-18,21,24,37H,9-10,13-16,19-20H2,1H3. The second kappa shape index (κ2) is 10.4. The van der Waals surface area contributed by atoms with Crippen molar-refractivity contribution in [2.24, 2.45) is 0 Å². The average Bonchev–Trinajstić information content (AvgIpc) is 3.36. The zero-order valence-corrected chi connectivity index (χ0v) is 21.6. The summed E-state index contributed by atoms with van der Waals surface area (Å²) in [5, 5.41) is 10.8. The number of aromatic nitrogens is 4. The van der Waals surface area contributed by atoms with E-state index in [9.17, 15) is 9.90 Å². The number of fused-ring (bicyclic) bond motifs is 1. The maximum Gasteiger partial charge on any atom is 0.242 e. The Morgan fingerprint density at radius 1 is 0.947 bits per heavy atom. The van der Waals surface area contributed by atoms with E-state index in [0.29, 0.717) is 19.0 Å². The summed E-state index contributed by atoms with van der Waals surface area (Å²) in [6, 6.07) is 14.3. The molecule has 1 unspecified atom stereocenters.